The first-order valence-corrected chi connectivity index (χ1v) is 5.13. The Morgan fingerprint density at radius 3 is 3.14 bits per heavy atom. The van der Waals surface area contributed by atoms with Crippen LogP contribution >= 0.6 is 11.3 Å². The van der Waals surface area contributed by atoms with Gasteiger partial charge in [0, 0.05) is 12.1 Å². The Morgan fingerprint density at radius 1 is 1.71 bits per heavy atom. The molecule has 0 radical (unpaired) electrons. The summed E-state index contributed by atoms with van der Waals surface area (Å²) in [5.74, 6) is 5.15. The average Bonchev–Trinajstić information content (AvgIpc) is 2.63. The van der Waals surface area contributed by atoms with Gasteiger partial charge >= 0.3 is 0 Å². The zero-order valence-corrected chi connectivity index (χ0v) is 8.65. The highest BCUT2D eigenvalue weighted by Gasteiger charge is 2.09. The lowest BCUT2D eigenvalue weighted by Gasteiger charge is -1.98. The Hall–Kier alpha value is -1.31. The topological polar surface area (TPSA) is 49.3 Å². The lowest BCUT2D eigenvalue weighted by atomic mass is 10.2. The number of aliphatic hydroxyl groups is 1. The molecule has 1 aromatic heterocycles. The van der Waals surface area contributed by atoms with Crippen LogP contribution in [0.2, 0.25) is 0 Å². The number of carbonyl (C=O) groups excluding carboxylic acids is 1. The molecule has 0 bridgehead atoms. The third kappa shape index (κ3) is 2.59. The third-order valence-corrected chi connectivity index (χ3v) is 2.42. The van der Waals surface area contributed by atoms with Crippen LogP contribution in [-0.4, -0.2) is 24.2 Å². The van der Waals surface area contributed by atoms with Crippen LogP contribution in [0, 0.1) is 11.8 Å². The molecule has 0 spiro atoms. The number of hydrogen-bond donors (Lipinski definition) is 2. The van der Waals surface area contributed by atoms with Crippen molar-refractivity contribution in [1.82, 2.24) is 5.32 Å². The molecule has 0 saturated carbocycles. The molecular weight excluding hydrogens is 198 g/mol. The van der Waals surface area contributed by atoms with Gasteiger partial charge in [0.2, 0.25) is 0 Å². The van der Waals surface area contributed by atoms with Crippen molar-refractivity contribution in [3.05, 3.63) is 21.9 Å². The summed E-state index contributed by atoms with van der Waals surface area (Å²) < 4.78 is 0. The molecule has 3 nitrogen and oxygen atoms in total. The summed E-state index contributed by atoms with van der Waals surface area (Å²) in [6, 6.07) is 1.78. The van der Waals surface area contributed by atoms with E-state index in [-0.39, 0.29) is 12.5 Å². The molecule has 1 aromatic rings. The molecule has 0 unspecified atom stereocenters. The van der Waals surface area contributed by atoms with Crippen LogP contribution in [0.25, 0.3) is 0 Å². The van der Waals surface area contributed by atoms with Gasteiger partial charge in [-0.25, -0.2) is 0 Å². The first-order valence-electron chi connectivity index (χ1n) is 4.25. The van der Waals surface area contributed by atoms with E-state index in [4.69, 9.17) is 5.11 Å². The molecule has 0 aromatic carbocycles. The molecule has 1 amide bonds. The summed E-state index contributed by atoms with van der Waals surface area (Å²) in [4.78, 5) is 12.1. The zero-order chi connectivity index (χ0) is 10.4. The molecule has 0 aliphatic heterocycles. The molecule has 4 heteroatoms. The fourth-order valence-corrected chi connectivity index (χ4v) is 1.72. The lowest BCUT2D eigenvalue weighted by Crippen LogP contribution is -2.22. The van der Waals surface area contributed by atoms with E-state index < -0.39 is 0 Å². The van der Waals surface area contributed by atoms with Crippen LogP contribution in [0.5, 0.6) is 0 Å². The first kappa shape index (κ1) is 10.8. The van der Waals surface area contributed by atoms with Crippen LogP contribution in [0.15, 0.2) is 11.4 Å². The second-order valence-electron chi connectivity index (χ2n) is 2.48. The minimum Gasteiger partial charge on any atom is -0.384 e. The molecule has 1 heterocycles. The van der Waals surface area contributed by atoms with Crippen LogP contribution in [-0.2, 0) is 0 Å². The number of amides is 1. The van der Waals surface area contributed by atoms with E-state index >= 15 is 0 Å². The highest BCUT2D eigenvalue weighted by molar-refractivity contribution is 7.12. The van der Waals surface area contributed by atoms with Crippen molar-refractivity contribution < 1.29 is 9.90 Å². The summed E-state index contributed by atoms with van der Waals surface area (Å²) in [7, 11) is 0. The maximum atomic E-state index is 11.5. The van der Waals surface area contributed by atoms with Gasteiger partial charge < -0.3 is 10.4 Å². The van der Waals surface area contributed by atoms with E-state index in [2.05, 4.69) is 17.2 Å². The van der Waals surface area contributed by atoms with E-state index in [0.29, 0.717) is 17.0 Å². The molecular formula is C10H11NO2S. The van der Waals surface area contributed by atoms with Gasteiger partial charge in [0.15, 0.2) is 0 Å². The molecule has 0 aliphatic carbocycles. The highest BCUT2D eigenvalue weighted by Crippen LogP contribution is 2.15. The summed E-state index contributed by atoms with van der Waals surface area (Å²) in [6.45, 7) is 2.28. The maximum absolute atomic E-state index is 11.5. The van der Waals surface area contributed by atoms with Crippen molar-refractivity contribution in [1.29, 1.82) is 0 Å². The van der Waals surface area contributed by atoms with Gasteiger partial charge in [0.05, 0.1) is 0 Å². The first-order chi connectivity index (χ1) is 6.79. The van der Waals surface area contributed by atoms with Crippen LogP contribution in [0.4, 0.5) is 0 Å². The molecule has 0 aliphatic rings. The number of hydrogen-bond acceptors (Lipinski definition) is 3. The van der Waals surface area contributed by atoms with Gasteiger partial charge in [-0.05, 0) is 18.4 Å². The van der Waals surface area contributed by atoms with E-state index in [1.54, 1.807) is 6.07 Å². The van der Waals surface area contributed by atoms with Crippen molar-refractivity contribution in [2.24, 2.45) is 0 Å². The van der Waals surface area contributed by atoms with Crippen molar-refractivity contribution in [2.75, 3.05) is 13.2 Å². The van der Waals surface area contributed by atoms with Crippen molar-refractivity contribution in [3.8, 4) is 11.8 Å². The van der Waals surface area contributed by atoms with Gasteiger partial charge in [-0.1, -0.05) is 11.8 Å². The molecule has 1 rings (SSSR count). The lowest BCUT2D eigenvalue weighted by molar-refractivity contribution is 0.0959. The number of nitrogens with one attached hydrogen (secondary N) is 1. The number of aliphatic hydroxyl groups excluding tert-OH is 1. The molecule has 0 atom stereocenters. The van der Waals surface area contributed by atoms with Gasteiger partial charge in [-0.3, -0.25) is 4.79 Å². The monoisotopic (exact) mass is 209 g/mol. The Kier molecular flexibility index (Phi) is 4.17. The average molecular weight is 209 g/mol. The van der Waals surface area contributed by atoms with Gasteiger partial charge in [-0.15, -0.1) is 11.3 Å². The fraction of sp³-hybridized carbons (Fsp3) is 0.300. The minimum absolute atomic E-state index is 0.107. The maximum Gasteiger partial charge on any atom is 0.262 e. The standard InChI is InChI=1S/C10H11NO2S/c1-2-11-10(13)9-8(4-3-6-12)5-7-14-9/h5,7,12H,2,6H2,1H3,(H,11,13). The predicted octanol–water partition coefficient (Wildman–Crippen LogP) is 0.842. The second kappa shape index (κ2) is 5.43. The van der Waals surface area contributed by atoms with Gasteiger partial charge in [0.25, 0.3) is 5.91 Å². The van der Waals surface area contributed by atoms with Gasteiger partial charge in [0.1, 0.15) is 11.5 Å². The Morgan fingerprint density at radius 2 is 2.50 bits per heavy atom. The SMILES string of the molecule is CCNC(=O)c1sccc1C#CCO. The van der Waals surface area contributed by atoms with Crippen molar-refractivity contribution in [2.45, 2.75) is 6.92 Å². The Balaban J connectivity index is 2.87. The Bertz CT molecular complexity index is 373. The number of carbonyl (C=O) groups is 1. The quantitative estimate of drug-likeness (QED) is 0.709. The molecule has 2 N–H and O–H groups in total. The van der Waals surface area contributed by atoms with Crippen LogP contribution < -0.4 is 5.32 Å². The highest BCUT2D eigenvalue weighted by atomic mass is 32.1. The largest absolute Gasteiger partial charge is 0.384 e. The molecule has 14 heavy (non-hydrogen) atoms. The smallest absolute Gasteiger partial charge is 0.262 e. The summed E-state index contributed by atoms with van der Waals surface area (Å²) >= 11 is 1.35. The minimum atomic E-state index is -0.190. The van der Waals surface area contributed by atoms with E-state index in [9.17, 15) is 4.79 Å². The summed E-state index contributed by atoms with van der Waals surface area (Å²) in [5.41, 5.74) is 0.676. The fourth-order valence-electron chi connectivity index (χ4n) is 0.959. The van der Waals surface area contributed by atoms with Crippen molar-refractivity contribution in [3.63, 3.8) is 0 Å². The predicted molar refractivity (Wildman–Crippen MR) is 56.3 cm³/mol. The molecule has 0 saturated heterocycles. The van der Waals surface area contributed by atoms with E-state index in [1.165, 1.54) is 11.3 Å². The van der Waals surface area contributed by atoms with Crippen molar-refractivity contribution >= 4 is 17.2 Å². The normalized spacial score (nSPS) is 9.00. The van der Waals surface area contributed by atoms with Crippen LogP contribution in [0.1, 0.15) is 22.2 Å². The summed E-state index contributed by atoms with van der Waals surface area (Å²) in [6.07, 6.45) is 0. The van der Waals surface area contributed by atoms with Crippen LogP contribution in [0.3, 0.4) is 0 Å². The van der Waals surface area contributed by atoms with E-state index in [1.807, 2.05) is 12.3 Å². The number of thiophene rings is 1. The van der Waals surface area contributed by atoms with E-state index in [0.717, 1.165) is 0 Å². The molecule has 0 fully saturated rings. The third-order valence-electron chi connectivity index (χ3n) is 1.51. The summed E-state index contributed by atoms with van der Waals surface area (Å²) in [5, 5.41) is 13.0. The molecule has 74 valence electrons. The number of rotatable bonds is 2. The Labute approximate surface area is 86.8 Å². The van der Waals surface area contributed by atoms with Gasteiger partial charge in [-0.2, -0.15) is 0 Å². The zero-order valence-electron chi connectivity index (χ0n) is 7.83. The second-order valence-corrected chi connectivity index (χ2v) is 3.40.